The van der Waals surface area contributed by atoms with E-state index in [-0.39, 0.29) is 0 Å². The van der Waals surface area contributed by atoms with Crippen LogP contribution in [-0.4, -0.2) is 22.6 Å². The minimum absolute atomic E-state index is 0.873. The van der Waals surface area contributed by atoms with Gasteiger partial charge < -0.3 is 14.8 Å². The van der Waals surface area contributed by atoms with E-state index >= 15 is 0 Å². The Hall–Kier alpha value is -3.79. The van der Waals surface area contributed by atoms with E-state index in [0.29, 0.717) is 0 Å². The number of hydrogen-bond acceptors (Lipinski definition) is 3. The van der Waals surface area contributed by atoms with Crippen LogP contribution in [0, 0.1) is 0 Å². The number of rotatable bonds is 2. The second-order valence-electron chi connectivity index (χ2n) is 8.27. The van der Waals surface area contributed by atoms with E-state index in [1.165, 1.54) is 44.4 Å². The van der Waals surface area contributed by atoms with E-state index in [4.69, 9.17) is 0 Å². The summed E-state index contributed by atoms with van der Waals surface area (Å²) < 4.78 is 2.16. The fraction of sp³-hybridized carbons (Fsp3) is 0.148. The van der Waals surface area contributed by atoms with Gasteiger partial charge in [-0.05, 0) is 59.2 Å². The lowest BCUT2D eigenvalue weighted by molar-refractivity contribution is 0.832. The van der Waals surface area contributed by atoms with Crippen LogP contribution >= 0.6 is 0 Å². The van der Waals surface area contributed by atoms with Crippen molar-refractivity contribution in [1.82, 2.24) is 9.55 Å². The summed E-state index contributed by atoms with van der Waals surface area (Å²) in [6, 6.07) is 26.2. The lowest BCUT2D eigenvalue weighted by Crippen LogP contribution is -2.25. The van der Waals surface area contributed by atoms with Crippen molar-refractivity contribution < 1.29 is 0 Å². The number of aryl methyl sites for hydroxylation is 1. The van der Waals surface area contributed by atoms with Gasteiger partial charge in [-0.1, -0.05) is 30.3 Å². The van der Waals surface area contributed by atoms with Crippen LogP contribution < -0.4 is 10.2 Å². The normalized spacial score (nSPS) is 13.8. The van der Waals surface area contributed by atoms with Gasteiger partial charge in [-0.25, -0.2) is 0 Å². The third kappa shape index (κ3) is 3.12. The molecule has 31 heavy (non-hydrogen) atoms. The zero-order valence-electron chi connectivity index (χ0n) is 17.5. The molecule has 0 saturated heterocycles. The van der Waals surface area contributed by atoms with Gasteiger partial charge in [-0.3, -0.25) is 4.98 Å². The first kappa shape index (κ1) is 18.0. The average Bonchev–Trinajstić information content (AvgIpc) is 3.05. The smallest absolute Gasteiger partial charge is 0.0722 e. The van der Waals surface area contributed by atoms with Crippen LogP contribution in [0.1, 0.15) is 5.56 Å². The molecule has 1 aliphatic heterocycles. The molecule has 4 heteroatoms. The monoisotopic (exact) mass is 404 g/mol. The number of fused-ring (bicyclic) bond motifs is 3. The second-order valence-corrected chi connectivity index (χ2v) is 8.27. The van der Waals surface area contributed by atoms with E-state index in [1.807, 2.05) is 12.3 Å². The van der Waals surface area contributed by atoms with Gasteiger partial charge >= 0.3 is 0 Å². The molecule has 2 aromatic heterocycles. The Bertz CT molecular complexity index is 1410. The molecular formula is C27H24N4. The highest BCUT2D eigenvalue weighted by Crippen LogP contribution is 2.33. The highest BCUT2D eigenvalue weighted by atomic mass is 15.2. The topological polar surface area (TPSA) is 33.1 Å². The van der Waals surface area contributed by atoms with Crippen LogP contribution in [0.15, 0.2) is 85.2 Å². The molecule has 0 spiro atoms. The van der Waals surface area contributed by atoms with Crippen molar-refractivity contribution in [2.24, 2.45) is 7.05 Å². The Morgan fingerprint density at radius 1 is 0.903 bits per heavy atom. The van der Waals surface area contributed by atoms with Gasteiger partial charge in [0.1, 0.15) is 0 Å². The molecule has 0 unspecified atom stereocenters. The minimum atomic E-state index is 0.873. The molecule has 0 fully saturated rings. The van der Waals surface area contributed by atoms with Crippen LogP contribution in [0.25, 0.3) is 32.9 Å². The minimum Gasteiger partial charge on any atom is -0.383 e. The van der Waals surface area contributed by atoms with Gasteiger partial charge in [0.2, 0.25) is 0 Å². The summed E-state index contributed by atoms with van der Waals surface area (Å²) >= 11 is 0. The molecule has 0 atom stereocenters. The molecule has 6 rings (SSSR count). The standard InChI is InChI=1S/C27H24N4/c1-30-14-11-21-16-20(7-9-26(21)30)19-6-8-24-22(17-19)18-31(15-13-29-24)27-10-12-28-25-5-3-2-4-23(25)27/h2-12,14,16-17,29H,13,15,18H2,1H3. The Balaban J connectivity index is 1.40. The van der Waals surface area contributed by atoms with Crippen molar-refractivity contribution in [3.05, 3.63) is 90.8 Å². The first-order valence-corrected chi connectivity index (χ1v) is 10.8. The molecule has 0 amide bonds. The summed E-state index contributed by atoms with van der Waals surface area (Å²) in [6.45, 7) is 2.74. The lowest BCUT2D eigenvalue weighted by Gasteiger charge is -2.24. The molecule has 5 aromatic rings. The molecule has 1 aliphatic rings. The maximum atomic E-state index is 4.54. The molecule has 3 heterocycles. The fourth-order valence-electron chi connectivity index (χ4n) is 4.71. The van der Waals surface area contributed by atoms with Crippen molar-refractivity contribution in [3.8, 4) is 11.1 Å². The number of hydrogen-bond donors (Lipinski definition) is 1. The summed E-state index contributed by atoms with van der Waals surface area (Å²) in [4.78, 5) is 7.01. The molecule has 1 N–H and O–H groups in total. The van der Waals surface area contributed by atoms with E-state index in [0.717, 1.165) is 25.2 Å². The van der Waals surface area contributed by atoms with Crippen LogP contribution in [0.2, 0.25) is 0 Å². The zero-order chi connectivity index (χ0) is 20.8. The number of anilines is 2. The largest absolute Gasteiger partial charge is 0.383 e. The first-order chi connectivity index (χ1) is 15.3. The summed E-state index contributed by atoms with van der Waals surface area (Å²) in [5.41, 5.74) is 8.61. The molecular weight excluding hydrogens is 380 g/mol. The van der Waals surface area contributed by atoms with Crippen molar-refractivity contribution in [2.45, 2.75) is 6.54 Å². The van der Waals surface area contributed by atoms with Gasteiger partial charge in [-0.2, -0.15) is 0 Å². The molecule has 4 nitrogen and oxygen atoms in total. The van der Waals surface area contributed by atoms with Gasteiger partial charge in [0, 0.05) is 66.7 Å². The second kappa shape index (κ2) is 7.17. The van der Waals surface area contributed by atoms with E-state index in [9.17, 15) is 0 Å². The number of para-hydroxylation sites is 1. The quantitative estimate of drug-likeness (QED) is 0.402. The summed E-state index contributed by atoms with van der Waals surface area (Å²) in [7, 11) is 2.09. The third-order valence-electron chi connectivity index (χ3n) is 6.35. The highest BCUT2D eigenvalue weighted by Gasteiger charge is 2.17. The SMILES string of the molecule is Cn1ccc2cc(-c3ccc4c(c3)CN(c3ccnc5ccccc35)CCN4)ccc21. The number of benzene rings is 3. The number of nitrogens with zero attached hydrogens (tertiary/aromatic N) is 3. The number of pyridine rings is 1. The van der Waals surface area contributed by atoms with Crippen molar-refractivity contribution in [1.29, 1.82) is 0 Å². The van der Waals surface area contributed by atoms with Crippen molar-refractivity contribution in [2.75, 3.05) is 23.3 Å². The summed E-state index contributed by atoms with van der Waals surface area (Å²) in [5.74, 6) is 0. The van der Waals surface area contributed by atoms with Crippen molar-refractivity contribution in [3.63, 3.8) is 0 Å². The first-order valence-electron chi connectivity index (χ1n) is 10.8. The zero-order valence-corrected chi connectivity index (χ0v) is 17.5. The fourth-order valence-corrected chi connectivity index (χ4v) is 4.71. The van der Waals surface area contributed by atoms with Gasteiger partial charge in [0.05, 0.1) is 5.52 Å². The summed E-state index contributed by atoms with van der Waals surface area (Å²) in [5, 5.41) is 6.11. The number of nitrogens with one attached hydrogen (secondary N) is 1. The molecule has 0 saturated carbocycles. The van der Waals surface area contributed by atoms with Crippen LogP contribution in [0.5, 0.6) is 0 Å². The lowest BCUT2D eigenvalue weighted by atomic mass is 10.00. The molecule has 0 radical (unpaired) electrons. The van der Waals surface area contributed by atoms with Crippen LogP contribution in [-0.2, 0) is 13.6 Å². The van der Waals surface area contributed by atoms with Crippen LogP contribution in [0.4, 0.5) is 11.4 Å². The maximum absolute atomic E-state index is 4.54. The van der Waals surface area contributed by atoms with Crippen molar-refractivity contribution >= 4 is 33.2 Å². The Morgan fingerprint density at radius 2 is 1.77 bits per heavy atom. The maximum Gasteiger partial charge on any atom is 0.0722 e. The van der Waals surface area contributed by atoms with E-state index in [1.54, 1.807) is 0 Å². The molecule has 0 bridgehead atoms. The predicted molar refractivity (Wildman–Crippen MR) is 130 cm³/mol. The molecule has 152 valence electrons. The Morgan fingerprint density at radius 3 is 2.74 bits per heavy atom. The Kier molecular flexibility index (Phi) is 4.17. The molecule has 3 aromatic carbocycles. The van der Waals surface area contributed by atoms with E-state index < -0.39 is 0 Å². The highest BCUT2D eigenvalue weighted by molar-refractivity contribution is 5.91. The molecule has 0 aliphatic carbocycles. The van der Waals surface area contributed by atoms with E-state index in [2.05, 4.69) is 99.7 Å². The van der Waals surface area contributed by atoms with Crippen LogP contribution in [0.3, 0.4) is 0 Å². The average molecular weight is 405 g/mol. The third-order valence-corrected chi connectivity index (χ3v) is 6.35. The number of aromatic nitrogens is 2. The summed E-state index contributed by atoms with van der Waals surface area (Å²) in [6.07, 6.45) is 4.04. The van der Waals surface area contributed by atoms with Gasteiger partial charge in [0.25, 0.3) is 0 Å². The predicted octanol–water partition coefficient (Wildman–Crippen LogP) is 5.83. The Labute approximate surface area is 181 Å². The van der Waals surface area contributed by atoms with Gasteiger partial charge in [-0.15, -0.1) is 0 Å². The van der Waals surface area contributed by atoms with Gasteiger partial charge in [0.15, 0.2) is 0 Å².